The Morgan fingerprint density at radius 1 is 1.16 bits per heavy atom. The molecule has 7 heteroatoms. The summed E-state index contributed by atoms with van der Waals surface area (Å²) in [7, 11) is 1.56. The minimum absolute atomic E-state index is 0.227. The Labute approximate surface area is 191 Å². The average Bonchev–Trinajstić information content (AvgIpc) is 3.60. The monoisotopic (exact) mass is 446 g/mol. The molecule has 1 aliphatic rings. The van der Waals surface area contributed by atoms with Gasteiger partial charge < -0.3 is 10.1 Å². The molecule has 1 aliphatic carbocycles. The zero-order chi connectivity index (χ0) is 22.4. The highest BCUT2D eigenvalue weighted by atomic mass is 35.5. The maximum atomic E-state index is 13.5. The number of carbonyl (C=O) groups is 1. The molecule has 1 fully saturated rings. The number of nitrogens with zero attached hydrogens (tertiary/aromatic N) is 3. The largest absolute Gasteiger partial charge is 0.495 e. The molecule has 2 aromatic carbocycles. The topological polar surface area (TPSA) is 69.0 Å². The smallest absolute Gasteiger partial charge is 0.256 e. The van der Waals surface area contributed by atoms with Gasteiger partial charge in [-0.25, -0.2) is 9.67 Å². The van der Waals surface area contributed by atoms with Crippen LogP contribution in [0.3, 0.4) is 0 Å². The van der Waals surface area contributed by atoms with Gasteiger partial charge in [0.2, 0.25) is 0 Å². The molecule has 32 heavy (non-hydrogen) atoms. The van der Waals surface area contributed by atoms with E-state index in [4.69, 9.17) is 26.4 Å². The highest BCUT2D eigenvalue weighted by molar-refractivity contribution is 6.31. The summed E-state index contributed by atoms with van der Waals surface area (Å²) in [5.74, 6) is 0.672. The highest BCUT2D eigenvalue weighted by Crippen LogP contribution is 2.41. The molecule has 0 radical (unpaired) electrons. The summed E-state index contributed by atoms with van der Waals surface area (Å²) in [5.41, 5.74) is 5.28. The molecule has 1 N–H and O–H groups in total. The third kappa shape index (κ3) is 3.60. The molecule has 1 amide bonds. The van der Waals surface area contributed by atoms with Crippen LogP contribution in [0.15, 0.2) is 48.5 Å². The van der Waals surface area contributed by atoms with E-state index in [0.717, 1.165) is 40.9 Å². The van der Waals surface area contributed by atoms with Gasteiger partial charge in [0.15, 0.2) is 5.65 Å². The van der Waals surface area contributed by atoms with Crippen molar-refractivity contribution in [2.45, 2.75) is 32.6 Å². The van der Waals surface area contributed by atoms with Gasteiger partial charge in [0.05, 0.1) is 35.1 Å². The molecule has 6 nitrogen and oxygen atoms in total. The number of aryl methyl sites for hydroxylation is 2. The number of amides is 1. The molecular formula is C25H23ClN4O2. The summed E-state index contributed by atoms with van der Waals surface area (Å²) in [6.45, 7) is 3.80. The van der Waals surface area contributed by atoms with Crippen molar-refractivity contribution in [1.29, 1.82) is 0 Å². The van der Waals surface area contributed by atoms with E-state index in [2.05, 4.69) is 5.32 Å². The molecule has 5 rings (SSSR count). The van der Waals surface area contributed by atoms with Crippen LogP contribution in [0.2, 0.25) is 5.02 Å². The number of benzene rings is 2. The second-order valence-electron chi connectivity index (χ2n) is 8.16. The van der Waals surface area contributed by atoms with E-state index in [1.807, 2.05) is 61.0 Å². The van der Waals surface area contributed by atoms with Gasteiger partial charge >= 0.3 is 0 Å². The Balaban J connectivity index is 1.65. The van der Waals surface area contributed by atoms with Crippen LogP contribution in [0.25, 0.3) is 16.7 Å². The molecule has 162 valence electrons. The minimum Gasteiger partial charge on any atom is -0.495 e. The number of ether oxygens (including phenoxy) is 1. The fraction of sp³-hybridized carbons (Fsp3) is 0.240. The second kappa shape index (κ2) is 7.95. The summed E-state index contributed by atoms with van der Waals surface area (Å²) in [4.78, 5) is 18.4. The van der Waals surface area contributed by atoms with Crippen molar-refractivity contribution >= 4 is 34.2 Å². The molecular weight excluding hydrogens is 424 g/mol. The van der Waals surface area contributed by atoms with Crippen molar-refractivity contribution in [3.05, 3.63) is 76.1 Å². The van der Waals surface area contributed by atoms with Gasteiger partial charge in [0.25, 0.3) is 5.91 Å². The third-order valence-corrected chi connectivity index (χ3v) is 6.21. The number of fused-ring (bicyclic) bond motifs is 1. The maximum Gasteiger partial charge on any atom is 0.256 e. The first-order chi connectivity index (χ1) is 15.5. The van der Waals surface area contributed by atoms with E-state index < -0.39 is 0 Å². The zero-order valence-electron chi connectivity index (χ0n) is 18.1. The van der Waals surface area contributed by atoms with Gasteiger partial charge in [-0.1, -0.05) is 29.8 Å². The molecule has 1 saturated carbocycles. The lowest BCUT2D eigenvalue weighted by Gasteiger charge is -2.13. The van der Waals surface area contributed by atoms with Crippen LogP contribution in [0, 0.1) is 13.8 Å². The van der Waals surface area contributed by atoms with Crippen molar-refractivity contribution in [3.8, 4) is 11.4 Å². The van der Waals surface area contributed by atoms with E-state index in [-0.39, 0.29) is 5.91 Å². The number of rotatable bonds is 5. The van der Waals surface area contributed by atoms with Crippen molar-refractivity contribution < 1.29 is 9.53 Å². The molecule has 0 saturated heterocycles. The van der Waals surface area contributed by atoms with Crippen LogP contribution in [0.5, 0.6) is 5.75 Å². The summed E-state index contributed by atoms with van der Waals surface area (Å²) in [6, 6.07) is 15.3. The van der Waals surface area contributed by atoms with Gasteiger partial charge in [0.1, 0.15) is 5.75 Å². The molecule has 0 unspecified atom stereocenters. The number of halogens is 1. The Bertz CT molecular complexity index is 1340. The Hall–Kier alpha value is -3.38. The van der Waals surface area contributed by atoms with E-state index in [1.165, 1.54) is 0 Å². The minimum atomic E-state index is -0.227. The van der Waals surface area contributed by atoms with E-state index in [0.29, 0.717) is 33.6 Å². The van der Waals surface area contributed by atoms with E-state index in [1.54, 1.807) is 13.2 Å². The second-order valence-corrected chi connectivity index (χ2v) is 8.56. The standard InChI is InChI=1S/C25H23ClN4O2/c1-14-11-21(22(32-3)13-19(14)26)28-25(31)18-12-20(16-9-10-16)27-24-23(18)15(2)29-30(24)17-7-5-4-6-8-17/h4-8,11-13,16H,9-10H2,1-3H3,(H,28,31). The SMILES string of the molecule is COc1cc(Cl)c(C)cc1NC(=O)c1cc(C2CC2)nc2c1c(C)nn2-c1ccccc1. The lowest BCUT2D eigenvalue weighted by Crippen LogP contribution is -2.14. The number of hydrogen-bond acceptors (Lipinski definition) is 4. The molecule has 0 bridgehead atoms. The van der Waals surface area contributed by atoms with Crippen LogP contribution >= 0.6 is 11.6 Å². The first-order valence-electron chi connectivity index (χ1n) is 10.6. The molecule has 2 heterocycles. The lowest BCUT2D eigenvalue weighted by atomic mass is 10.1. The van der Waals surface area contributed by atoms with Crippen LogP contribution in [-0.4, -0.2) is 27.8 Å². The first kappa shape index (κ1) is 20.5. The number of carbonyl (C=O) groups excluding carboxylic acids is 1. The Morgan fingerprint density at radius 2 is 1.91 bits per heavy atom. The van der Waals surface area contributed by atoms with Crippen molar-refractivity contribution in [3.63, 3.8) is 0 Å². The van der Waals surface area contributed by atoms with Crippen molar-refractivity contribution in [2.75, 3.05) is 12.4 Å². The number of hydrogen-bond donors (Lipinski definition) is 1. The van der Waals surface area contributed by atoms with Crippen LogP contribution in [0.4, 0.5) is 5.69 Å². The van der Waals surface area contributed by atoms with Crippen LogP contribution in [-0.2, 0) is 0 Å². The average molecular weight is 447 g/mol. The zero-order valence-corrected chi connectivity index (χ0v) is 18.9. The third-order valence-electron chi connectivity index (χ3n) is 5.80. The van der Waals surface area contributed by atoms with Crippen molar-refractivity contribution in [2.24, 2.45) is 0 Å². The number of pyridine rings is 1. The number of nitrogens with one attached hydrogen (secondary N) is 1. The van der Waals surface area contributed by atoms with Crippen LogP contribution < -0.4 is 10.1 Å². The van der Waals surface area contributed by atoms with E-state index in [9.17, 15) is 4.79 Å². The fourth-order valence-corrected chi connectivity index (χ4v) is 4.10. The van der Waals surface area contributed by atoms with E-state index >= 15 is 0 Å². The quantitative estimate of drug-likeness (QED) is 0.418. The Kier molecular flexibility index (Phi) is 5.10. The van der Waals surface area contributed by atoms with Gasteiger partial charge in [-0.2, -0.15) is 5.10 Å². The summed E-state index contributed by atoms with van der Waals surface area (Å²) < 4.78 is 7.25. The normalized spacial score (nSPS) is 13.4. The number of methoxy groups -OCH3 is 1. The van der Waals surface area contributed by atoms with Gasteiger partial charge in [0, 0.05) is 22.7 Å². The predicted molar refractivity (Wildman–Crippen MR) is 126 cm³/mol. The Morgan fingerprint density at radius 3 is 2.59 bits per heavy atom. The van der Waals surface area contributed by atoms with Crippen molar-refractivity contribution in [1.82, 2.24) is 14.8 Å². The number of para-hydroxylation sites is 1. The molecule has 0 atom stereocenters. The summed E-state index contributed by atoms with van der Waals surface area (Å²) in [5, 5.41) is 9.07. The fourth-order valence-electron chi connectivity index (χ4n) is 3.94. The molecule has 2 aromatic heterocycles. The first-order valence-corrected chi connectivity index (χ1v) is 10.9. The molecule has 0 spiro atoms. The highest BCUT2D eigenvalue weighted by Gasteiger charge is 2.29. The van der Waals surface area contributed by atoms with Gasteiger partial charge in [-0.15, -0.1) is 0 Å². The van der Waals surface area contributed by atoms with Gasteiger partial charge in [-0.05, 0) is 56.5 Å². The lowest BCUT2D eigenvalue weighted by molar-refractivity contribution is 0.102. The molecule has 4 aromatic rings. The predicted octanol–water partition coefficient (Wildman–Crippen LogP) is 5.83. The van der Waals surface area contributed by atoms with Gasteiger partial charge in [-0.3, -0.25) is 4.79 Å². The van der Waals surface area contributed by atoms with Crippen LogP contribution in [0.1, 0.15) is 46.1 Å². The summed E-state index contributed by atoms with van der Waals surface area (Å²) in [6.07, 6.45) is 2.17. The number of aromatic nitrogens is 3. The number of anilines is 1. The maximum absolute atomic E-state index is 13.5. The molecule has 0 aliphatic heterocycles. The summed E-state index contributed by atoms with van der Waals surface area (Å²) >= 11 is 6.23.